The molecule has 1 heterocycles. The second-order valence-electron chi connectivity index (χ2n) is 5.57. The second-order valence-corrected chi connectivity index (χ2v) is 5.57. The Morgan fingerprint density at radius 3 is 2.30 bits per heavy atom. The van der Waals surface area contributed by atoms with Gasteiger partial charge in [-0.05, 0) is 29.7 Å². The van der Waals surface area contributed by atoms with E-state index in [-0.39, 0.29) is 18.3 Å². The molecule has 1 atom stereocenters. The SMILES string of the molecule is CC[C@]1(c2ccccc2)NC(=O)N(Cc2ccc(F)cc2)C1=O. The van der Waals surface area contributed by atoms with Crippen molar-refractivity contribution in [2.75, 3.05) is 0 Å². The number of nitrogens with one attached hydrogen (secondary N) is 1. The maximum Gasteiger partial charge on any atom is 0.325 e. The molecule has 2 aromatic carbocycles. The lowest BCUT2D eigenvalue weighted by Crippen LogP contribution is -2.43. The average molecular weight is 312 g/mol. The summed E-state index contributed by atoms with van der Waals surface area (Å²) < 4.78 is 13.0. The van der Waals surface area contributed by atoms with E-state index in [1.54, 1.807) is 12.1 Å². The van der Waals surface area contributed by atoms with Crippen molar-refractivity contribution in [1.82, 2.24) is 10.2 Å². The molecule has 0 spiro atoms. The molecule has 3 amide bonds. The number of benzene rings is 2. The van der Waals surface area contributed by atoms with Crippen molar-refractivity contribution in [1.29, 1.82) is 0 Å². The maximum absolute atomic E-state index is 13.0. The molecule has 0 radical (unpaired) electrons. The highest BCUT2D eigenvalue weighted by atomic mass is 19.1. The van der Waals surface area contributed by atoms with E-state index in [4.69, 9.17) is 0 Å². The van der Waals surface area contributed by atoms with Crippen LogP contribution in [0, 0.1) is 5.82 Å². The Bertz CT molecular complexity index is 730. The summed E-state index contributed by atoms with van der Waals surface area (Å²) in [5.74, 6) is -0.626. The predicted octanol–water partition coefficient (Wildman–Crippen LogP) is 3.18. The fraction of sp³-hybridized carbons (Fsp3) is 0.222. The van der Waals surface area contributed by atoms with Crippen LogP contribution in [0.15, 0.2) is 54.6 Å². The maximum atomic E-state index is 13.0. The number of carbonyl (C=O) groups is 2. The highest BCUT2D eigenvalue weighted by Crippen LogP contribution is 2.33. The van der Waals surface area contributed by atoms with E-state index < -0.39 is 11.6 Å². The molecule has 5 heteroatoms. The molecular weight excluding hydrogens is 295 g/mol. The van der Waals surface area contributed by atoms with E-state index in [9.17, 15) is 14.0 Å². The molecule has 1 N–H and O–H groups in total. The van der Waals surface area contributed by atoms with Crippen molar-refractivity contribution in [2.24, 2.45) is 0 Å². The Balaban J connectivity index is 1.91. The van der Waals surface area contributed by atoms with E-state index in [2.05, 4.69) is 5.32 Å². The summed E-state index contributed by atoms with van der Waals surface area (Å²) in [7, 11) is 0. The van der Waals surface area contributed by atoms with Gasteiger partial charge in [0, 0.05) is 0 Å². The molecule has 2 aromatic rings. The predicted molar refractivity (Wildman–Crippen MR) is 83.9 cm³/mol. The smallest absolute Gasteiger partial charge is 0.319 e. The zero-order valence-corrected chi connectivity index (χ0v) is 12.8. The van der Waals surface area contributed by atoms with Gasteiger partial charge in [0.05, 0.1) is 6.54 Å². The summed E-state index contributed by atoms with van der Waals surface area (Å²) in [6.07, 6.45) is 0.460. The molecule has 23 heavy (non-hydrogen) atoms. The first kappa shape index (κ1) is 15.2. The molecule has 0 bridgehead atoms. The van der Waals surface area contributed by atoms with Crippen molar-refractivity contribution < 1.29 is 14.0 Å². The van der Waals surface area contributed by atoms with E-state index in [0.29, 0.717) is 12.0 Å². The molecule has 118 valence electrons. The van der Waals surface area contributed by atoms with Crippen LogP contribution >= 0.6 is 0 Å². The normalized spacial score (nSPS) is 20.7. The molecule has 4 nitrogen and oxygen atoms in total. The summed E-state index contributed by atoms with van der Waals surface area (Å²) in [6, 6.07) is 14.6. The van der Waals surface area contributed by atoms with E-state index >= 15 is 0 Å². The van der Waals surface area contributed by atoms with Crippen molar-refractivity contribution in [2.45, 2.75) is 25.4 Å². The fourth-order valence-electron chi connectivity index (χ4n) is 2.90. The largest absolute Gasteiger partial charge is 0.325 e. The van der Waals surface area contributed by atoms with E-state index in [1.807, 2.05) is 37.3 Å². The van der Waals surface area contributed by atoms with Gasteiger partial charge in [0.25, 0.3) is 5.91 Å². The zero-order valence-electron chi connectivity index (χ0n) is 12.8. The van der Waals surface area contributed by atoms with Crippen LogP contribution in [0.5, 0.6) is 0 Å². The second kappa shape index (κ2) is 5.83. The molecule has 0 saturated carbocycles. The topological polar surface area (TPSA) is 49.4 Å². The van der Waals surface area contributed by atoms with Crippen molar-refractivity contribution in [3.8, 4) is 0 Å². The minimum Gasteiger partial charge on any atom is -0.319 e. The van der Waals surface area contributed by atoms with Gasteiger partial charge in [-0.3, -0.25) is 9.69 Å². The molecule has 0 aliphatic carbocycles. The summed E-state index contributed by atoms with van der Waals surface area (Å²) in [5.41, 5.74) is 0.440. The van der Waals surface area contributed by atoms with Crippen LogP contribution < -0.4 is 5.32 Å². The van der Waals surface area contributed by atoms with Crippen molar-refractivity contribution in [3.63, 3.8) is 0 Å². The van der Waals surface area contributed by atoms with Gasteiger partial charge in [-0.25, -0.2) is 9.18 Å². The number of rotatable bonds is 4. The molecule has 3 rings (SSSR count). The van der Waals surface area contributed by atoms with Gasteiger partial charge in [-0.1, -0.05) is 49.4 Å². The summed E-state index contributed by atoms with van der Waals surface area (Å²) >= 11 is 0. The molecule has 0 aromatic heterocycles. The number of hydrogen-bond acceptors (Lipinski definition) is 2. The third-order valence-electron chi connectivity index (χ3n) is 4.23. The quantitative estimate of drug-likeness (QED) is 0.882. The number of imide groups is 1. The van der Waals surface area contributed by atoms with Crippen LogP contribution in [0.2, 0.25) is 0 Å². The number of urea groups is 1. The standard InChI is InChI=1S/C18H17FN2O2/c1-2-18(14-6-4-3-5-7-14)16(22)21(17(23)20-18)12-13-8-10-15(19)11-9-13/h3-11H,2,12H2,1H3,(H,20,23)/t18-/m1/s1. The first-order chi connectivity index (χ1) is 11.1. The minimum atomic E-state index is -1.03. The van der Waals surface area contributed by atoms with Crippen LogP contribution in [0.4, 0.5) is 9.18 Å². The van der Waals surface area contributed by atoms with Crippen LogP contribution in [-0.4, -0.2) is 16.8 Å². The third kappa shape index (κ3) is 2.59. The number of amides is 3. The Kier molecular flexibility index (Phi) is 3.86. The number of hydrogen-bond donors (Lipinski definition) is 1. The molecule has 1 saturated heterocycles. The summed E-state index contributed by atoms with van der Waals surface area (Å²) in [6.45, 7) is 1.99. The minimum absolute atomic E-state index is 0.125. The first-order valence-electron chi connectivity index (χ1n) is 7.51. The van der Waals surface area contributed by atoms with Crippen molar-refractivity contribution >= 4 is 11.9 Å². The lowest BCUT2D eigenvalue weighted by atomic mass is 9.87. The van der Waals surface area contributed by atoms with Gasteiger partial charge >= 0.3 is 6.03 Å². The monoisotopic (exact) mass is 312 g/mol. The Hall–Kier alpha value is -2.69. The van der Waals surface area contributed by atoms with Crippen LogP contribution in [0.3, 0.4) is 0 Å². The Morgan fingerprint density at radius 2 is 1.70 bits per heavy atom. The highest BCUT2D eigenvalue weighted by Gasteiger charge is 2.50. The number of halogens is 1. The molecule has 1 fully saturated rings. The Labute approximate surface area is 133 Å². The number of carbonyl (C=O) groups excluding carboxylic acids is 2. The van der Waals surface area contributed by atoms with Crippen LogP contribution in [0.25, 0.3) is 0 Å². The first-order valence-corrected chi connectivity index (χ1v) is 7.51. The summed E-state index contributed by atoms with van der Waals surface area (Å²) in [4.78, 5) is 26.4. The molecular formula is C18H17FN2O2. The van der Waals surface area contributed by atoms with Gasteiger partial charge < -0.3 is 5.32 Å². The lowest BCUT2D eigenvalue weighted by molar-refractivity contribution is -0.132. The van der Waals surface area contributed by atoms with Gasteiger partial charge in [0.2, 0.25) is 0 Å². The molecule has 1 aliphatic rings. The van der Waals surface area contributed by atoms with Gasteiger partial charge in [-0.15, -0.1) is 0 Å². The fourth-order valence-corrected chi connectivity index (χ4v) is 2.90. The lowest BCUT2D eigenvalue weighted by Gasteiger charge is -2.25. The highest BCUT2D eigenvalue weighted by molar-refractivity contribution is 6.07. The summed E-state index contributed by atoms with van der Waals surface area (Å²) in [5, 5.41) is 2.83. The van der Waals surface area contributed by atoms with E-state index in [1.165, 1.54) is 17.0 Å². The number of nitrogens with zero attached hydrogens (tertiary/aromatic N) is 1. The average Bonchev–Trinajstić information content (AvgIpc) is 2.83. The molecule has 1 aliphatic heterocycles. The zero-order chi connectivity index (χ0) is 16.4. The Morgan fingerprint density at radius 1 is 1.04 bits per heavy atom. The van der Waals surface area contributed by atoms with Crippen molar-refractivity contribution in [3.05, 3.63) is 71.5 Å². The van der Waals surface area contributed by atoms with Crippen LogP contribution in [0.1, 0.15) is 24.5 Å². The van der Waals surface area contributed by atoms with Crippen LogP contribution in [-0.2, 0) is 16.9 Å². The van der Waals surface area contributed by atoms with Gasteiger partial charge in [-0.2, -0.15) is 0 Å². The van der Waals surface area contributed by atoms with E-state index in [0.717, 1.165) is 5.56 Å². The third-order valence-corrected chi connectivity index (χ3v) is 4.23. The van der Waals surface area contributed by atoms with Gasteiger partial charge in [0.15, 0.2) is 0 Å². The molecule has 0 unspecified atom stereocenters. The van der Waals surface area contributed by atoms with Gasteiger partial charge in [0.1, 0.15) is 11.4 Å².